The van der Waals surface area contributed by atoms with Crippen molar-refractivity contribution in [3.63, 3.8) is 0 Å². The molecule has 0 atom stereocenters. The van der Waals surface area contributed by atoms with Crippen molar-refractivity contribution >= 4 is 43.6 Å². The maximum absolute atomic E-state index is 2.39. The number of benzene rings is 7. The molecule has 0 spiro atoms. The van der Waals surface area contributed by atoms with E-state index in [0.29, 0.717) is 0 Å². The molecule has 0 saturated carbocycles. The van der Waals surface area contributed by atoms with Gasteiger partial charge < -0.3 is 9.13 Å². The number of para-hydroxylation sites is 3. The molecule has 0 amide bonds. The Morgan fingerprint density at radius 2 is 0.733 bits per heavy atom. The fourth-order valence-electron chi connectivity index (χ4n) is 7.07. The highest BCUT2D eigenvalue weighted by atomic mass is 15.0. The van der Waals surface area contributed by atoms with Gasteiger partial charge in [-0.1, -0.05) is 103 Å². The highest BCUT2D eigenvalue weighted by molar-refractivity contribution is 6.13. The van der Waals surface area contributed by atoms with Crippen LogP contribution in [0.15, 0.2) is 164 Å². The van der Waals surface area contributed by atoms with Gasteiger partial charge >= 0.3 is 0 Å². The molecule has 0 bridgehead atoms. The lowest BCUT2D eigenvalue weighted by atomic mass is 9.99. The van der Waals surface area contributed by atoms with Crippen LogP contribution in [0.4, 0.5) is 0 Å². The summed E-state index contributed by atoms with van der Waals surface area (Å²) in [5.74, 6) is 0. The summed E-state index contributed by atoms with van der Waals surface area (Å²) in [4.78, 5) is 0. The zero-order valence-electron chi connectivity index (χ0n) is 25.0. The molecule has 2 nitrogen and oxygen atoms in total. The predicted molar refractivity (Wildman–Crippen MR) is 191 cm³/mol. The first kappa shape index (κ1) is 25.6. The number of aromatic nitrogens is 2. The van der Waals surface area contributed by atoms with Gasteiger partial charge in [-0.25, -0.2) is 0 Å². The molecule has 45 heavy (non-hydrogen) atoms. The monoisotopic (exact) mass is 574 g/mol. The van der Waals surface area contributed by atoms with Crippen molar-refractivity contribution < 1.29 is 0 Å². The first-order valence-electron chi connectivity index (χ1n) is 15.5. The topological polar surface area (TPSA) is 9.86 Å². The Kier molecular flexibility index (Phi) is 5.76. The van der Waals surface area contributed by atoms with Crippen molar-refractivity contribution in [1.82, 2.24) is 9.13 Å². The van der Waals surface area contributed by atoms with Crippen molar-refractivity contribution in [2.75, 3.05) is 0 Å². The summed E-state index contributed by atoms with van der Waals surface area (Å²) in [5.41, 5.74) is 13.4. The first-order valence-corrected chi connectivity index (χ1v) is 15.5. The third kappa shape index (κ3) is 4.11. The number of rotatable bonds is 4. The van der Waals surface area contributed by atoms with Crippen LogP contribution in [0.25, 0.3) is 77.2 Å². The summed E-state index contributed by atoms with van der Waals surface area (Å²) < 4.78 is 4.77. The van der Waals surface area contributed by atoms with Crippen molar-refractivity contribution in [2.45, 2.75) is 6.92 Å². The molecule has 0 aliphatic carbocycles. The number of hydrogen-bond donors (Lipinski definition) is 0. The SMILES string of the molecule is Cc1cccc(-c2ccc3c(c2)c2cc(-c4ccc5c(c4)c4ccccc4n5-c4ccccc4)ccc2n3-c2ccccc2)c1. The second-order valence-corrected chi connectivity index (χ2v) is 11.9. The molecule has 0 N–H and O–H groups in total. The quantitative estimate of drug-likeness (QED) is 0.198. The molecule has 0 unspecified atom stereocenters. The molecule has 9 aromatic rings. The fourth-order valence-corrected chi connectivity index (χ4v) is 7.07. The van der Waals surface area contributed by atoms with Gasteiger partial charge in [-0.15, -0.1) is 0 Å². The van der Waals surface area contributed by atoms with E-state index in [4.69, 9.17) is 0 Å². The Morgan fingerprint density at radius 1 is 0.311 bits per heavy atom. The standard InChI is InChI=1S/C43H30N2/c1-29-11-10-12-30(25-29)31-19-23-42-38(27-31)39-28-33(21-24-43(39)45(42)35-15-6-3-7-16-35)32-20-22-41-37(26-32)36-17-8-9-18-40(36)44(41)34-13-4-2-5-14-34/h2-28H,1H3. The normalized spacial score (nSPS) is 11.7. The van der Waals surface area contributed by atoms with Gasteiger partial charge in [0.05, 0.1) is 22.1 Å². The number of fused-ring (bicyclic) bond motifs is 6. The summed E-state index contributed by atoms with van der Waals surface area (Å²) in [6, 6.07) is 59.6. The minimum Gasteiger partial charge on any atom is -0.309 e. The lowest BCUT2D eigenvalue weighted by Crippen LogP contribution is -1.93. The molecule has 0 saturated heterocycles. The first-order chi connectivity index (χ1) is 22.2. The molecule has 0 aliphatic rings. The molecule has 2 aromatic heterocycles. The Balaban J connectivity index is 1.28. The summed E-state index contributed by atoms with van der Waals surface area (Å²) in [5, 5.41) is 5.05. The van der Waals surface area contributed by atoms with Crippen LogP contribution in [-0.2, 0) is 0 Å². The molecule has 2 heteroatoms. The van der Waals surface area contributed by atoms with E-state index in [1.165, 1.54) is 82.8 Å². The van der Waals surface area contributed by atoms with E-state index in [9.17, 15) is 0 Å². The zero-order chi connectivity index (χ0) is 29.9. The van der Waals surface area contributed by atoms with E-state index in [1.807, 2.05) is 0 Å². The third-order valence-corrected chi connectivity index (χ3v) is 9.15. The molecule has 9 rings (SSSR count). The van der Waals surface area contributed by atoms with Gasteiger partial charge in [0.15, 0.2) is 0 Å². The summed E-state index contributed by atoms with van der Waals surface area (Å²) >= 11 is 0. The van der Waals surface area contributed by atoms with E-state index < -0.39 is 0 Å². The smallest absolute Gasteiger partial charge is 0.0541 e. The van der Waals surface area contributed by atoms with Gasteiger partial charge in [0.2, 0.25) is 0 Å². The minimum atomic E-state index is 1.17. The van der Waals surface area contributed by atoms with E-state index in [1.54, 1.807) is 0 Å². The summed E-state index contributed by atoms with van der Waals surface area (Å²) in [6.45, 7) is 2.16. The van der Waals surface area contributed by atoms with Crippen LogP contribution < -0.4 is 0 Å². The molecular weight excluding hydrogens is 544 g/mol. The Bertz CT molecular complexity index is 2530. The van der Waals surface area contributed by atoms with Crippen molar-refractivity contribution in [3.05, 3.63) is 169 Å². The fraction of sp³-hybridized carbons (Fsp3) is 0.0233. The lowest BCUT2D eigenvalue weighted by molar-refractivity contribution is 1.18. The van der Waals surface area contributed by atoms with E-state index in [-0.39, 0.29) is 0 Å². The molecule has 0 aliphatic heterocycles. The number of nitrogens with zero attached hydrogens (tertiary/aromatic N) is 2. The lowest BCUT2D eigenvalue weighted by Gasteiger charge is -2.09. The Morgan fingerprint density at radius 3 is 1.24 bits per heavy atom. The van der Waals surface area contributed by atoms with Crippen LogP contribution in [-0.4, -0.2) is 9.13 Å². The third-order valence-electron chi connectivity index (χ3n) is 9.15. The van der Waals surface area contributed by atoms with Gasteiger partial charge in [-0.05, 0) is 95.9 Å². The molecule has 0 fully saturated rings. The van der Waals surface area contributed by atoms with E-state index in [2.05, 4.69) is 180 Å². The van der Waals surface area contributed by atoms with E-state index >= 15 is 0 Å². The van der Waals surface area contributed by atoms with Crippen molar-refractivity contribution in [3.8, 4) is 33.6 Å². The Labute approximate surface area is 262 Å². The van der Waals surface area contributed by atoms with Gasteiger partial charge in [0.1, 0.15) is 0 Å². The van der Waals surface area contributed by atoms with E-state index in [0.717, 1.165) is 0 Å². The predicted octanol–water partition coefficient (Wildman–Crippen LogP) is 11.5. The summed E-state index contributed by atoms with van der Waals surface area (Å²) in [7, 11) is 0. The zero-order valence-corrected chi connectivity index (χ0v) is 25.0. The van der Waals surface area contributed by atoms with Crippen molar-refractivity contribution in [1.29, 1.82) is 0 Å². The largest absolute Gasteiger partial charge is 0.309 e. The minimum absolute atomic E-state index is 1.17. The molecule has 212 valence electrons. The Hall–Kier alpha value is -5.86. The van der Waals surface area contributed by atoms with Crippen LogP contribution in [0.3, 0.4) is 0 Å². The average molecular weight is 575 g/mol. The van der Waals surface area contributed by atoms with Gasteiger partial charge in [0, 0.05) is 32.9 Å². The molecule has 7 aromatic carbocycles. The van der Waals surface area contributed by atoms with Gasteiger partial charge in [-0.2, -0.15) is 0 Å². The van der Waals surface area contributed by atoms with Crippen LogP contribution >= 0.6 is 0 Å². The van der Waals surface area contributed by atoms with Gasteiger partial charge in [0.25, 0.3) is 0 Å². The van der Waals surface area contributed by atoms with Crippen LogP contribution in [0, 0.1) is 6.92 Å². The molecule has 0 radical (unpaired) electrons. The highest BCUT2D eigenvalue weighted by Gasteiger charge is 2.16. The highest BCUT2D eigenvalue weighted by Crippen LogP contribution is 2.39. The van der Waals surface area contributed by atoms with Crippen LogP contribution in [0.5, 0.6) is 0 Å². The number of hydrogen-bond acceptors (Lipinski definition) is 0. The van der Waals surface area contributed by atoms with Crippen LogP contribution in [0.2, 0.25) is 0 Å². The molecular formula is C43H30N2. The summed E-state index contributed by atoms with van der Waals surface area (Å²) in [6.07, 6.45) is 0. The average Bonchev–Trinajstić information content (AvgIpc) is 3.61. The maximum Gasteiger partial charge on any atom is 0.0541 e. The number of aryl methyl sites for hydroxylation is 1. The second-order valence-electron chi connectivity index (χ2n) is 11.9. The van der Waals surface area contributed by atoms with Gasteiger partial charge in [-0.3, -0.25) is 0 Å². The second kappa shape index (κ2) is 10.1. The molecule has 2 heterocycles. The van der Waals surface area contributed by atoms with Crippen molar-refractivity contribution in [2.24, 2.45) is 0 Å². The maximum atomic E-state index is 2.39. The van der Waals surface area contributed by atoms with Crippen LogP contribution in [0.1, 0.15) is 5.56 Å².